The predicted molar refractivity (Wildman–Crippen MR) is 85.5 cm³/mol. The van der Waals surface area contributed by atoms with Crippen molar-refractivity contribution in [2.75, 3.05) is 6.61 Å². The normalized spacial score (nSPS) is 10.4. The van der Waals surface area contributed by atoms with Crippen LogP contribution in [0, 0.1) is 5.92 Å². The lowest BCUT2D eigenvalue weighted by Crippen LogP contribution is -2.42. The Hall–Kier alpha value is -2.76. The Balaban J connectivity index is 1.93. The van der Waals surface area contributed by atoms with Crippen molar-refractivity contribution in [3.05, 3.63) is 48.2 Å². The van der Waals surface area contributed by atoms with Crippen LogP contribution in [0.2, 0.25) is 0 Å². The fourth-order valence-corrected chi connectivity index (χ4v) is 1.93. The standard InChI is InChI=1S/C17H20N2O4/c1-12(2)9-11-23-17(21)19-18-16(20)14-7-4-3-6-13(14)15-8-5-10-22-15/h3-8,10,12H,9,11H2,1-2H3,(H,18,20)(H,19,21). The molecule has 0 spiro atoms. The molecular weight excluding hydrogens is 296 g/mol. The van der Waals surface area contributed by atoms with Crippen LogP contribution in [0.1, 0.15) is 30.6 Å². The largest absolute Gasteiger partial charge is 0.464 e. The second kappa shape index (κ2) is 8.03. The van der Waals surface area contributed by atoms with Gasteiger partial charge in [0.05, 0.1) is 18.4 Å². The third kappa shape index (κ3) is 4.88. The molecular formula is C17H20N2O4. The number of hydrogen-bond donors (Lipinski definition) is 2. The van der Waals surface area contributed by atoms with Crippen molar-refractivity contribution in [3.63, 3.8) is 0 Å². The van der Waals surface area contributed by atoms with Crippen molar-refractivity contribution in [1.82, 2.24) is 10.9 Å². The number of amides is 2. The Bertz CT molecular complexity index is 650. The van der Waals surface area contributed by atoms with E-state index in [9.17, 15) is 9.59 Å². The molecule has 1 aromatic heterocycles. The molecule has 0 fully saturated rings. The number of hydrazine groups is 1. The minimum atomic E-state index is -0.686. The molecule has 23 heavy (non-hydrogen) atoms. The van der Waals surface area contributed by atoms with Gasteiger partial charge in [0.1, 0.15) is 5.76 Å². The van der Waals surface area contributed by atoms with Gasteiger partial charge in [-0.3, -0.25) is 10.2 Å². The molecule has 0 aliphatic carbocycles. The minimum absolute atomic E-state index is 0.308. The molecule has 1 heterocycles. The molecule has 1 aromatic carbocycles. The minimum Gasteiger partial charge on any atom is -0.464 e. The first-order valence-electron chi connectivity index (χ1n) is 7.44. The van der Waals surface area contributed by atoms with E-state index in [4.69, 9.17) is 9.15 Å². The van der Waals surface area contributed by atoms with Crippen LogP contribution in [0.5, 0.6) is 0 Å². The molecule has 0 radical (unpaired) electrons. The Labute approximate surface area is 134 Å². The summed E-state index contributed by atoms with van der Waals surface area (Å²) in [4.78, 5) is 23.7. The maximum atomic E-state index is 12.2. The fourth-order valence-electron chi connectivity index (χ4n) is 1.93. The highest BCUT2D eigenvalue weighted by molar-refractivity contribution is 6.00. The van der Waals surface area contributed by atoms with Crippen molar-refractivity contribution in [1.29, 1.82) is 0 Å². The summed E-state index contributed by atoms with van der Waals surface area (Å²) in [6, 6.07) is 10.5. The van der Waals surface area contributed by atoms with Gasteiger partial charge in [-0.2, -0.15) is 0 Å². The molecule has 122 valence electrons. The summed E-state index contributed by atoms with van der Waals surface area (Å²) in [7, 11) is 0. The van der Waals surface area contributed by atoms with Gasteiger partial charge in [-0.05, 0) is 30.5 Å². The SMILES string of the molecule is CC(C)CCOC(=O)NNC(=O)c1ccccc1-c1ccco1. The Morgan fingerprint density at radius 2 is 1.91 bits per heavy atom. The van der Waals surface area contributed by atoms with Crippen LogP contribution in [0.3, 0.4) is 0 Å². The summed E-state index contributed by atoms with van der Waals surface area (Å²) >= 11 is 0. The molecule has 2 N–H and O–H groups in total. The average molecular weight is 316 g/mol. The maximum absolute atomic E-state index is 12.2. The van der Waals surface area contributed by atoms with E-state index in [-0.39, 0.29) is 0 Å². The van der Waals surface area contributed by atoms with Gasteiger partial charge in [-0.25, -0.2) is 10.2 Å². The Kier molecular flexibility index (Phi) is 5.80. The second-order valence-electron chi connectivity index (χ2n) is 5.42. The number of benzene rings is 1. The predicted octanol–water partition coefficient (Wildman–Crippen LogP) is 3.36. The molecule has 0 bridgehead atoms. The highest BCUT2D eigenvalue weighted by atomic mass is 16.6. The lowest BCUT2D eigenvalue weighted by Gasteiger charge is -2.11. The molecule has 0 saturated heterocycles. The number of hydrogen-bond acceptors (Lipinski definition) is 4. The van der Waals surface area contributed by atoms with Crippen molar-refractivity contribution in [2.24, 2.45) is 5.92 Å². The van der Waals surface area contributed by atoms with Gasteiger partial charge in [0, 0.05) is 5.56 Å². The molecule has 0 atom stereocenters. The van der Waals surface area contributed by atoms with Crippen molar-refractivity contribution in [2.45, 2.75) is 20.3 Å². The van der Waals surface area contributed by atoms with Crippen molar-refractivity contribution < 1.29 is 18.7 Å². The highest BCUT2D eigenvalue weighted by Gasteiger charge is 2.14. The number of nitrogens with one attached hydrogen (secondary N) is 2. The van der Waals surface area contributed by atoms with Crippen LogP contribution < -0.4 is 10.9 Å². The smallest absolute Gasteiger partial charge is 0.426 e. The molecule has 0 saturated carbocycles. The molecule has 0 aliphatic heterocycles. The van der Waals surface area contributed by atoms with Crippen LogP contribution in [0.15, 0.2) is 47.1 Å². The second-order valence-corrected chi connectivity index (χ2v) is 5.42. The van der Waals surface area contributed by atoms with Gasteiger partial charge in [-0.1, -0.05) is 32.0 Å². The Morgan fingerprint density at radius 3 is 2.61 bits per heavy atom. The first kappa shape index (κ1) is 16.6. The zero-order valence-corrected chi connectivity index (χ0v) is 13.2. The van der Waals surface area contributed by atoms with E-state index >= 15 is 0 Å². The summed E-state index contributed by atoms with van der Waals surface area (Å²) < 4.78 is 10.3. The molecule has 6 nitrogen and oxygen atoms in total. The molecule has 2 aromatic rings. The third-order valence-corrected chi connectivity index (χ3v) is 3.16. The number of carbonyl (C=O) groups excluding carboxylic acids is 2. The van der Waals surface area contributed by atoms with E-state index in [0.717, 1.165) is 6.42 Å². The number of ether oxygens (including phenoxy) is 1. The van der Waals surface area contributed by atoms with E-state index in [1.165, 1.54) is 6.26 Å². The van der Waals surface area contributed by atoms with Crippen LogP contribution in [-0.4, -0.2) is 18.6 Å². The molecule has 2 amide bonds. The monoisotopic (exact) mass is 316 g/mol. The van der Waals surface area contributed by atoms with Crippen LogP contribution in [-0.2, 0) is 4.74 Å². The molecule has 2 rings (SSSR count). The van der Waals surface area contributed by atoms with E-state index in [1.54, 1.807) is 30.3 Å². The molecule has 0 aliphatic rings. The first-order chi connectivity index (χ1) is 11.1. The van der Waals surface area contributed by atoms with E-state index in [2.05, 4.69) is 10.9 Å². The van der Waals surface area contributed by atoms with Crippen LogP contribution in [0.4, 0.5) is 4.79 Å². The van der Waals surface area contributed by atoms with Gasteiger partial charge in [0.25, 0.3) is 5.91 Å². The van der Waals surface area contributed by atoms with Gasteiger partial charge in [-0.15, -0.1) is 0 Å². The lowest BCUT2D eigenvalue weighted by molar-refractivity contribution is 0.0907. The van der Waals surface area contributed by atoms with Gasteiger partial charge < -0.3 is 9.15 Å². The summed E-state index contributed by atoms with van der Waals surface area (Å²) in [5, 5.41) is 0. The number of furan rings is 1. The van der Waals surface area contributed by atoms with Crippen molar-refractivity contribution in [3.8, 4) is 11.3 Å². The van der Waals surface area contributed by atoms with E-state index in [0.29, 0.717) is 29.4 Å². The number of rotatable bonds is 5. The van der Waals surface area contributed by atoms with E-state index in [1.807, 2.05) is 19.9 Å². The molecule has 6 heteroatoms. The summed E-state index contributed by atoms with van der Waals surface area (Å²) in [5.74, 6) is 0.575. The Morgan fingerprint density at radius 1 is 1.13 bits per heavy atom. The summed E-state index contributed by atoms with van der Waals surface area (Å²) in [6.07, 6.45) is 1.62. The highest BCUT2D eigenvalue weighted by Crippen LogP contribution is 2.23. The molecule has 0 unspecified atom stereocenters. The maximum Gasteiger partial charge on any atom is 0.426 e. The topological polar surface area (TPSA) is 80.6 Å². The zero-order chi connectivity index (χ0) is 16.7. The zero-order valence-electron chi connectivity index (χ0n) is 13.2. The van der Waals surface area contributed by atoms with Crippen LogP contribution >= 0.6 is 0 Å². The summed E-state index contributed by atoms with van der Waals surface area (Å²) in [5.41, 5.74) is 5.61. The fraction of sp³-hybridized carbons (Fsp3) is 0.294. The summed E-state index contributed by atoms with van der Waals surface area (Å²) in [6.45, 7) is 4.38. The van der Waals surface area contributed by atoms with Gasteiger partial charge in [0.15, 0.2) is 0 Å². The lowest BCUT2D eigenvalue weighted by atomic mass is 10.1. The van der Waals surface area contributed by atoms with Gasteiger partial charge >= 0.3 is 6.09 Å². The van der Waals surface area contributed by atoms with Gasteiger partial charge in [0.2, 0.25) is 0 Å². The third-order valence-electron chi connectivity index (χ3n) is 3.16. The first-order valence-corrected chi connectivity index (χ1v) is 7.44. The quantitative estimate of drug-likeness (QED) is 0.829. The average Bonchev–Trinajstić information content (AvgIpc) is 3.06. The number of carbonyl (C=O) groups is 2. The van der Waals surface area contributed by atoms with Crippen molar-refractivity contribution >= 4 is 12.0 Å². The van der Waals surface area contributed by atoms with Crippen LogP contribution in [0.25, 0.3) is 11.3 Å². The van der Waals surface area contributed by atoms with E-state index < -0.39 is 12.0 Å².